The third kappa shape index (κ3) is 4.20. The fourth-order valence-electron chi connectivity index (χ4n) is 3.14. The van der Waals surface area contributed by atoms with Gasteiger partial charge in [-0.2, -0.15) is 5.10 Å². The van der Waals surface area contributed by atoms with Gasteiger partial charge in [-0.15, -0.1) is 11.3 Å². The highest BCUT2D eigenvalue weighted by Crippen LogP contribution is 2.27. The molecule has 0 aliphatic heterocycles. The second-order valence-electron chi connectivity index (χ2n) is 7.28. The molecule has 0 atom stereocenters. The minimum absolute atomic E-state index is 0.193. The van der Waals surface area contributed by atoms with E-state index in [-0.39, 0.29) is 23.1 Å². The molecule has 0 spiro atoms. The van der Waals surface area contributed by atoms with Crippen molar-refractivity contribution in [1.29, 1.82) is 0 Å². The second-order valence-corrected chi connectivity index (χ2v) is 9.05. The van der Waals surface area contributed by atoms with Crippen molar-refractivity contribution in [3.63, 3.8) is 0 Å². The normalized spacial score (nSPS) is 11.2. The van der Waals surface area contributed by atoms with Crippen LogP contribution in [0.1, 0.15) is 24.3 Å². The molecule has 1 amide bonds. The molecule has 4 rings (SSSR count). The third-order valence-corrected chi connectivity index (χ3v) is 5.72. The van der Waals surface area contributed by atoms with E-state index < -0.39 is 0 Å². The van der Waals surface area contributed by atoms with E-state index in [1.165, 1.54) is 16.0 Å². The summed E-state index contributed by atoms with van der Waals surface area (Å²) >= 11 is 4.80. The van der Waals surface area contributed by atoms with E-state index in [9.17, 15) is 9.59 Å². The van der Waals surface area contributed by atoms with Crippen LogP contribution in [-0.4, -0.2) is 20.7 Å². The first-order chi connectivity index (χ1) is 14.4. The minimum atomic E-state index is -0.390. The van der Waals surface area contributed by atoms with Crippen molar-refractivity contribution in [3.05, 3.63) is 74.4 Å². The number of hydrogen-bond donors (Lipinski definition) is 1. The maximum atomic E-state index is 13.0. The third-order valence-electron chi connectivity index (χ3n) is 4.47. The predicted molar refractivity (Wildman–Crippen MR) is 124 cm³/mol. The van der Waals surface area contributed by atoms with Crippen molar-refractivity contribution in [3.8, 4) is 11.3 Å². The maximum Gasteiger partial charge on any atom is 0.278 e. The van der Waals surface area contributed by atoms with Crippen molar-refractivity contribution in [1.82, 2.24) is 14.8 Å². The maximum absolute atomic E-state index is 13.0. The average molecular weight is 483 g/mol. The number of anilines is 1. The fraction of sp³-hybridized carbons (Fsp3) is 0.182. The first kappa shape index (κ1) is 20.4. The number of hydrogen-bond acceptors (Lipinski definition) is 5. The molecule has 1 N–H and O–H groups in total. The van der Waals surface area contributed by atoms with Gasteiger partial charge in [0.25, 0.3) is 11.5 Å². The second kappa shape index (κ2) is 8.49. The summed E-state index contributed by atoms with van der Waals surface area (Å²) in [5, 5.41) is 10.6. The summed E-state index contributed by atoms with van der Waals surface area (Å²) in [6, 6.07) is 14.9. The highest BCUT2D eigenvalue weighted by atomic mass is 79.9. The zero-order valence-electron chi connectivity index (χ0n) is 16.4. The monoisotopic (exact) mass is 482 g/mol. The number of benzene rings is 2. The van der Waals surface area contributed by atoms with Crippen molar-refractivity contribution in [2.24, 2.45) is 5.92 Å². The topological polar surface area (TPSA) is 76.9 Å². The van der Waals surface area contributed by atoms with Gasteiger partial charge in [0.15, 0.2) is 10.8 Å². The molecule has 2 heterocycles. The van der Waals surface area contributed by atoms with Crippen LogP contribution in [0.25, 0.3) is 22.0 Å². The summed E-state index contributed by atoms with van der Waals surface area (Å²) in [5.74, 6) is -0.169. The van der Waals surface area contributed by atoms with Crippen molar-refractivity contribution < 1.29 is 4.79 Å². The number of rotatable bonds is 5. The van der Waals surface area contributed by atoms with Gasteiger partial charge in [0, 0.05) is 27.3 Å². The summed E-state index contributed by atoms with van der Waals surface area (Å²) in [4.78, 5) is 30.3. The van der Waals surface area contributed by atoms with Gasteiger partial charge in [-0.25, -0.2) is 9.67 Å². The Labute approximate surface area is 185 Å². The van der Waals surface area contributed by atoms with Crippen molar-refractivity contribution in [2.75, 3.05) is 5.32 Å². The molecule has 8 heteroatoms. The molecule has 30 heavy (non-hydrogen) atoms. The molecule has 0 aliphatic rings. The van der Waals surface area contributed by atoms with E-state index in [0.29, 0.717) is 22.4 Å². The molecule has 2 aromatic carbocycles. The molecule has 152 valence electrons. The molecule has 4 aromatic rings. The zero-order chi connectivity index (χ0) is 21.3. The summed E-state index contributed by atoms with van der Waals surface area (Å²) in [5.41, 5.74) is 1.75. The summed E-state index contributed by atoms with van der Waals surface area (Å²) in [7, 11) is 0. The molecule has 6 nitrogen and oxygen atoms in total. The lowest BCUT2D eigenvalue weighted by molar-refractivity contribution is 0.102. The van der Waals surface area contributed by atoms with Gasteiger partial charge < -0.3 is 0 Å². The van der Waals surface area contributed by atoms with Gasteiger partial charge in [0.05, 0.1) is 11.1 Å². The van der Waals surface area contributed by atoms with E-state index in [2.05, 4.69) is 31.3 Å². The standard InChI is InChI=1S/C22H19BrN4O2S/c1-13(2)11-27-21(29)17-9-4-3-8-16(17)19(26-27)20(28)25-22-24-18(12-30-22)14-6-5-7-15(23)10-14/h3-10,12-13H,11H2,1-2H3,(H,24,25,28). The predicted octanol–water partition coefficient (Wildman–Crippen LogP) is 5.19. The van der Waals surface area contributed by atoms with Gasteiger partial charge in [-0.3, -0.25) is 14.9 Å². The number of amides is 1. The number of fused-ring (bicyclic) bond motifs is 1. The molecule has 0 unspecified atom stereocenters. The largest absolute Gasteiger partial charge is 0.296 e. The van der Waals surface area contributed by atoms with Crippen LogP contribution in [0.2, 0.25) is 0 Å². The Bertz CT molecular complexity index is 1300. The molecule has 0 saturated heterocycles. The fourth-order valence-corrected chi connectivity index (χ4v) is 4.25. The first-order valence-electron chi connectivity index (χ1n) is 9.45. The van der Waals surface area contributed by atoms with E-state index in [1.54, 1.807) is 24.3 Å². The van der Waals surface area contributed by atoms with Gasteiger partial charge in [0.1, 0.15) is 0 Å². The van der Waals surface area contributed by atoms with Crippen LogP contribution in [0.4, 0.5) is 5.13 Å². The van der Waals surface area contributed by atoms with E-state index >= 15 is 0 Å². The number of nitrogens with one attached hydrogen (secondary N) is 1. The lowest BCUT2D eigenvalue weighted by Crippen LogP contribution is -2.29. The lowest BCUT2D eigenvalue weighted by atomic mass is 10.1. The van der Waals surface area contributed by atoms with Gasteiger partial charge in [-0.05, 0) is 24.1 Å². The summed E-state index contributed by atoms with van der Waals surface area (Å²) in [6.45, 7) is 4.44. The summed E-state index contributed by atoms with van der Waals surface area (Å²) in [6.07, 6.45) is 0. The van der Waals surface area contributed by atoms with Gasteiger partial charge in [0.2, 0.25) is 0 Å². The Kier molecular flexibility index (Phi) is 5.78. The molecule has 0 radical (unpaired) electrons. The Hall–Kier alpha value is -2.84. The lowest BCUT2D eigenvalue weighted by Gasteiger charge is -2.12. The van der Waals surface area contributed by atoms with E-state index in [4.69, 9.17) is 0 Å². The smallest absolute Gasteiger partial charge is 0.278 e. The number of halogens is 1. The molecule has 2 aromatic heterocycles. The average Bonchev–Trinajstić information content (AvgIpc) is 3.18. The molecule has 0 bridgehead atoms. The van der Waals surface area contributed by atoms with Crippen LogP contribution in [0.3, 0.4) is 0 Å². The van der Waals surface area contributed by atoms with Crippen molar-refractivity contribution >= 4 is 49.1 Å². The van der Waals surface area contributed by atoms with Crippen LogP contribution in [0, 0.1) is 5.92 Å². The Morgan fingerprint density at radius 2 is 1.93 bits per heavy atom. The van der Waals surface area contributed by atoms with Crippen LogP contribution >= 0.6 is 27.3 Å². The quantitative estimate of drug-likeness (QED) is 0.424. The number of nitrogens with zero attached hydrogens (tertiary/aromatic N) is 3. The highest BCUT2D eigenvalue weighted by Gasteiger charge is 2.18. The Morgan fingerprint density at radius 1 is 1.17 bits per heavy atom. The molecule has 0 fully saturated rings. The Balaban J connectivity index is 1.68. The van der Waals surface area contributed by atoms with Crippen LogP contribution in [0.5, 0.6) is 0 Å². The van der Waals surface area contributed by atoms with E-state index in [1.807, 2.05) is 43.5 Å². The Morgan fingerprint density at radius 3 is 2.67 bits per heavy atom. The first-order valence-corrected chi connectivity index (χ1v) is 11.1. The zero-order valence-corrected chi connectivity index (χ0v) is 18.8. The van der Waals surface area contributed by atoms with Crippen LogP contribution < -0.4 is 10.9 Å². The molecule has 0 saturated carbocycles. The van der Waals surface area contributed by atoms with Gasteiger partial charge >= 0.3 is 0 Å². The number of thiazole rings is 1. The SMILES string of the molecule is CC(C)Cn1nc(C(=O)Nc2nc(-c3cccc(Br)c3)cs2)c2ccccc2c1=O. The van der Waals surface area contributed by atoms with E-state index in [0.717, 1.165) is 15.7 Å². The van der Waals surface area contributed by atoms with Crippen molar-refractivity contribution in [2.45, 2.75) is 20.4 Å². The highest BCUT2D eigenvalue weighted by molar-refractivity contribution is 9.10. The molecule has 0 aliphatic carbocycles. The van der Waals surface area contributed by atoms with Gasteiger partial charge in [-0.1, -0.05) is 60.1 Å². The number of carbonyl (C=O) groups excluding carboxylic acids is 1. The molecular weight excluding hydrogens is 464 g/mol. The number of carbonyl (C=O) groups is 1. The molecular formula is C22H19BrN4O2S. The number of aromatic nitrogens is 3. The minimum Gasteiger partial charge on any atom is -0.296 e. The van der Waals surface area contributed by atoms with Crippen LogP contribution in [0.15, 0.2) is 63.2 Å². The van der Waals surface area contributed by atoms with Crippen LogP contribution in [-0.2, 0) is 6.54 Å². The summed E-state index contributed by atoms with van der Waals surface area (Å²) < 4.78 is 2.33.